The van der Waals surface area contributed by atoms with Crippen molar-refractivity contribution in [1.29, 1.82) is 0 Å². The number of anilines is 1. The molecule has 0 unspecified atom stereocenters. The van der Waals surface area contributed by atoms with Gasteiger partial charge in [0.25, 0.3) is 5.91 Å². The molecule has 1 aliphatic rings. The molecule has 10 heteroatoms. The van der Waals surface area contributed by atoms with Gasteiger partial charge in [0.2, 0.25) is 0 Å². The van der Waals surface area contributed by atoms with Gasteiger partial charge in [-0.15, -0.1) is 0 Å². The Hall–Kier alpha value is -3.76. The van der Waals surface area contributed by atoms with Crippen molar-refractivity contribution in [1.82, 2.24) is 4.90 Å². The van der Waals surface area contributed by atoms with E-state index in [1.807, 2.05) is 0 Å². The molecule has 3 aromatic carbocycles. The number of thiocarbonyl (C=S) groups is 1. The maximum atomic E-state index is 13.5. The van der Waals surface area contributed by atoms with Crippen molar-refractivity contribution in [2.24, 2.45) is 0 Å². The largest absolute Gasteiger partial charge is 0.497 e. The van der Waals surface area contributed by atoms with E-state index in [2.05, 4.69) is 15.9 Å². The molecule has 1 amide bonds. The van der Waals surface area contributed by atoms with Crippen molar-refractivity contribution in [2.75, 3.05) is 25.7 Å². The van der Waals surface area contributed by atoms with Crippen LogP contribution in [0.15, 0.2) is 76.9 Å². The maximum absolute atomic E-state index is 13.5. The minimum absolute atomic E-state index is 0.158. The maximum Gasteiger partial charge on any atom is 0.325 e. The van der Waals surface area contributed by atoms with Crippen LogP contribution >= 0.6 is 28.1 Å². The lowest BCUT2D eigenvalue weighted by Crippen LogP contribution is -2.35. The molecule has 0 bridgehead atoms. The van der Waals surface area contributed by atoms with Gasteiger partial charge in [0.1, 0.15) is 36.2 Å². The molecule has 3 aromatic rings. The van der Waals surface area contributed by atoms with Gasteiger partial charge in [0.15, 0.2) is 5.11 Å². The molecular formula is C27H22BrFN2O5S. The summed E-state index contributed by atoms with van der Waals surface area (Å²) in [6.45, 7) is 0.0371. The molecule has 0 atom stereocenters. The van der Waals surface area contributed by atoms with E-state index < -0.39 is 5.97 Å². The van der Waals surface area contributed by atoms with E-state index in [9.17, 15) is 14.0 Å². The molecule has 1 fully saturated rings. The summed E-state index contributed by atoms with van der Waals surface area (Å²) in [7, 11) is 2.83. The SMILES string of the molecule is COC(=O)CN1C(=S)N(c2ccc(OC)cc2)C(=O)/C1=C/c1ccc(OCc2ccc(F)cc2)c(Br)c1. The molecule has 4 rings (SSSR count). The van der Waals surface area contributed by atoms with Crippen LogP contribution in [0.3, 0.4) is 0 Å². The van der Waals surface area contributed by atoms with Gasteiger partial charge >= 0.3 is 5.97 Å². The lowest BCUT2D eigenvalue weighted by atomic mass is 10.1. The number of amides is 1. The number of carbonyl (C=O) groups is 2. The van der Waals surface area contributed by atoms with Gasteiger partial charge in [0, 0.05) is 0 Å². The van der Waals surface area contributed by atoms with E-state index >= 15 is 0 Å². The minimum atomic E-state index is -0.539. The fourth-order valence-electron chi connectivity index (χ4n) is 3.61. The lowest BCUT2D eigenvalue weighted by molar-refractivity contribution is -0.140. The number of carbonyl (C=O) groups excluding carboxylic acids is 2. The molecule has 0 spiro atoms. The lowest BCUT2D eigenvalue weighted by Gasteiger charge is -2.19. The topological polar surface area (TPSA) is 68.3 Å². The molecule has 1 saturated heterocycles. The van der Waals surface area contributed by atoms with Gasteiger partial charge < -0.3 is 19.1 Å². The number of hydrogen-bond acceptors (Lipinski definition) is 6. The van der Waals surface area contributed by atoms with Crippen molar-refractivity contribution >= 4 is 56.9 Å². The molecule has 0 aromatic heterocycles. The van der Waals surface area contributed by atoms with Crippen LogP contribution in [0.1, 0.15) is 11.1 Å². The van der Waals surface area contributed by atoms with Gasteiger partial charge in [0.05, 0.1) is 24.4 Å². The van der Waals surface area contributed by atoms with Crippen LogP contribution in [0.2, 0.25) is 0 Å². The van der Waals surface area contributed by atoms with Crippen LogP contribution in [-0.4, -0.2) is 42.7 Å². The number of hydrogen-bond donors (Lipinski definition) is 0. The highest BCUT2D eigenvalue weighted by atomic mass is 79.9. The second-order valence-corrected chi connectivity index (χ2v) is 9.14. The Labute approximate surface area is 227 Å². The average molecular weight is 585 g/mol. The van der Waals surface area contributed by atoms with Crippen molar-refractivity contribution < 1.29 is 28.2 Å². The van der Waals surface area contributed by atoms with Gasteiger partial charge in [-0.25, -0.2) is 4.39 Å². The third-order valence-electron chi connectivity index (χ3n) is 5.55. The summed E-state index contributed by atoms with van der Waals surface area (Å²) < 4.78 is 29.6. The highest BCUT2D eigenvalue weighted by Crippen LogP contribution is 2.32. The second kappa shape index (κ2) is 11.5. The fourth-order valence-corrected chi connectivity index (χ4v) is 4.47. The summed E-state index contributed by atoms with van der Waals surface area (Å²) in [5.41, 5.74) is 2.26. The number of nitrogens with zero attached hydrogens (tertiary/aromatic N) is 2. The highest BCUT2D eigenvalue weighted by molar-refractivity contribution is 9.10. The molecule has 0 aliphatic carbocycles. The van der Waals surface area contributed by atoms with Crippen molar-refractivity contribution in [2.45, 2.75) is 6.61 Å². The summed E-state index contributed by atoms with van der Waals surface area (Å²) >= 11 is 9.08. The first-order valence-corrected chi connectivity index (χ1v) is 12.3. The van der Waals surface area contributed by atoms with Crippen molar-refractivity contribution in [3.8, 4) is 11.5 Å². The summed E-state index contributed by atoms with van der Waals surface area (Å²) in [6, 6.07) is 18.3. The minimum Gasteiger partial charge on any atom is -0.497 e. The molecular weight excluding hydrogens is 563 g/mol. The van der Waals surface area contributed by atoms with E-state index in [1.165, 1.54) is 29.0 Å². The first kappa shape index (κ1) is 26.3. The summed E-state index contributed by atoms with van der Waals surface area (Å²) in [6.07, 6.45) is 1.65. The van der Waals surface area contributed by atoms with Gasteiger partial charge in [-0.2, -0.15) is 0 Å². The van der Waals surface area contributed by atoms with E-state index in [0.717, 1.165) is 5.56 Å². The van der Waals surface area contributed by atoms with Crippen molar-refractivity contribution in [3.05, 3.63) is 93.8 Å². The monoisotopic (exact) mass is 584 g/mol. The van der Waals surface area contributed by atoms with Crippen LogP contribution in [0, 0.1) is 5.82 Å². The van der Waals surface area contributed by atoms with E-state index in [4.69, 9.17) is 26.4 Å². The van der Waals surface area contributed by atoms with Crippen LogP contribution in [0.4, 0.5) is 10.1 Å². The van der Waals surface area contributed by atoms with Gasteiger partial charge in [-0.1, -0.05) is 18.2 Å². The molecule has 1 heterocycles. The number of halogens is 2. The quantitative estimate of drug-likeness (QED) is 0.201. The van der Waals surface area contributed by atoms with Gasteiger partial charge in [-0.05, 0) is 93.9 Å². The Bertz CT molecular complexity index is 1360. The van der Waals surface area contributed by atoms with Gasteiger partial charge in [-0.3, -0.25) is 14.5 Å². The molecule has 0 saturated carbocycles. The van der Waals surface area contributed by atoms with E-state index in [-0.39, 0.29) is 35.7 Å². The fraction of sp³-hybridized carbons (Fsp3) is 0.148. The molecule has 0 radical (unpaired) electrons. The van der Waals surface area contributed by atoms with E-state index in [1.54, 1.807) is 67.8 Å². The normalized spacial score (nSPS) is 14.3. The van der Waals surface area contributed by atoms with Crippen LogP contribution in [-0.2, 0) is 20.9 Å². The summed E-state index contributed by atoms with van der Waals surface area (Å²) in [5.74, 6) is -0.0219. The zero-order valence-electron chi connectivity index (χ0n) is 19.9. The Morgan fingerprint density at radius 1 is 1.05 bits per heavy atom. The molecule has 190 valence electrons. The smallest absolute Gasteiger partial charge is 0.325 e. The third kappa shape index (κ3) is 5.98. The first-order valence-electron chi connectivity index (χ1n) is 11.1. The Kier molecular flexibility index (Phi) is 8.20. The molecule has 7 nitrogen and oxygen atoms in total. The van der Waals surface area contributed by atoms with Crippen LogP contribution in [0.25, 0.3) is 6.08 Å². The number of methoxy groups -OCH3 is 2. The predicted octanol–water partition coefficient (Wildman–Crippen LogP) is 5.32. The standard InChI is InChI=1S/C27H22BrFN2O5S/c1-34-21-10-8-20(9-11-21)31-26(33)23(30(27(31)37)15-25(32)35-2)14-18-5-12-24(22(28)13-18)36-16-17-3-6-19(29)7-4-17/h3-14H,15-16H2,1-2H3/b23-14-. The number of ether oxygens (including phenoxy) is 3. The first-order chi connectivity index (χ1) is 17.8. The third-order valence-corrected chi connectivity index (χ3v) is 6.57. The summed E-state index contributed by atoms with van der Waals surface area (Å²) in [4.78, 5) is 28.4. The molecule has 37 heavy (non-hydrogen) atoms. The van der Waals surface area contributed by atoms with Crippen LogP contribution < -0.4 is 14.4 Å². The van der Waals surface area contributed by atoms with Crippen molar-refractivity contribution in [3.63, 3.8) is 0 Å². The predicted molar refractivity (Wildman–Crippen MR) is 145 cm³/mol. The Morgan fingerprint density at radius 3 is 2.38 bits per heavy atom. The molecule has 1 aliphatic heterocycles. The number of benzene rings is 3. The zero-order chi connectivity index (χ0) is 26.5. The molecule has 0 N–H and O–H groups in total. The average Bonchev–Trinajstić information content (AvgIpc) is 3.13. The summed E-state index contributed by atoms with van der Waals surface area (Å²) in [5, 5.41) is 0.158. The van der Waals surface area contributed by atoms with Crippen LogP contribution in [0.5, 0.6) is 11.5 Å². The zero-order valence-corrected chi connectivity index (χ0v) is 22.3. The number of rotatable bonds is 8. The Morgan fingerprint density at radius 2 is 1.76 bits per heavy atom. The highest BCUT2D eigenvalue weighted by Gasteiger charge is 2.40. The second-order valence-electron chi connectivity index (χ2n) is 7.92. The number of esters is 1. The Balaban J connectivity index is 1.60. The van der Waals surface area contributed by atoms with E-state index in [0.29, 0.717) is 27.2 Å².